The van der Waals surface area contributed by atoms with Gasteiger partial charge >= 0.3 is 0 Å². The smallest absolute Gasteiger partial charge is 0.146 e. The first-order valence-corrected chi connectivity index (χ1v) is 5.51. The van der Waals surface area contributed by atoms with E-state index in [0.717, 1.165) is 42.1 Å². The fraction of sp³-hybridized carbons (Fsp3) is 0.455. The van der Waals surface area contributed by atoms with E-state index in [2.05, 4.69) is 10.3 Å². The number of rotatable bonds is 2. The Hall–Kier alpha value is -1.62. The summed E-state index contributed by atoms with van der Waals surface area (Å²) >= 11 is 0. The Morgan fingerprint density at radius 1 is 1.50 bits per heavy atom. The molecule has 0 radical (unpaired) electrons. The van der Waals surface area contributed by atoms with Crippen LogP contribution in [-0.4, -0.2) is 21.5 Å². The molecule has 0 fully saturated rings. The zero-order valence-corrected chi connectivity index (χ0v) is 9.23. The Kier molecular flexibility index (Phi) is 2.07. The van der Waals surface area contributed by atoms with Crippen LogP contribution in [0.4, 0.5) is 0 Å². The molecule has 0 atom stereocenters. The van der Waals surface area contributed by atoms with Gasteiger partial charge in [0.15, 0.2) is 0 Å². The Morgan fingerprint density at radius 3 is 3.19 bits per heavy atom. The third-order valence-electron chi connectivity index (χ3n) is 3.05. The van der Waals surface area contributed by atoms with Crippen LogP contribution < -0.4 is 5.73 Å². The molecule has 0 bridgehead atoms. The summed E-state index contributed by atoms with van der Waals surface area (Å²) < 4.78 is 7.28. The summed E-state index contributed by atoms with van der Waals surface area (Å²) in [6.45, 7) is 3.30. The van der Waals surface area contributed by atoms with Crippen LogP contribution in [0.1, 0.15) is 17.0 Å². The minimum atomic E-state index is 0.591. The summed E-state index contributed by atoms with van der Waals surface area (Å²) in [7, 11) is 0. The fourth-order valence-corrected chi connectivity index (χ4v) is 2.33. The van der Waals surface area contributed by atoms with Gasteiger partial charge in [0.1, 0.15) is 5.76 Å². The molecule has 0 aliphatic heterocycles. The maximum atomic E-state index is 5.59. The second-order valence-corrected chi connectivity index (χ2v) is 4.10. The van der Waals surface area contributed by atoms with E-state index in [1.165, 1.54) is 5.56 Å². The lowest BCUT2D eigenvalue weighted by atomic mass is 9.95. The van der Waals surface area contributed by atoms with Crippen molar-refractivity contribution in [3.63, 3.8) is 0 Å². The van der Waals surface area contributed by atoms with Crippen LogP contribution in [0.25, 0.3) is 11.3 Å². The molecule has 2 aromatic rings. The molecule has 0 spiro atoms. The molecule has 16 heavy (non-hydrogen) atoms. The quantitative estimate of drug-likeness (QED) is 0.813. The average molecular weight is 218 g/mol. The molecule has 1 aliphatic rings. The lowest BCUT2D eigenvalue weighted by Gasteiger charge is -2.13. The van der Waals surface area contributed by atoms with E-state index < -0.39 is 0 Å². The summed E-state index contributed by atoms with van der Waals surface area (Å²) in [4.78, 5) is 0. The van der Waals surface area contributed by atoms with Crippen molar-refractivity contribution in [3.8, 4) is 11.3 Å². The molecule has 2 N–H and O–H groups in total. The Morgan fingerprint density at radius 2 is 2.38 bits per heavy atom. The number of hydrogen-bond acceptors (Lipinski definition) is 4. The molecule has 3 rings (SSSR count). The SMILES string of the molecule is Cc1noc2c1-c1c(cnn1CCN)CC2. The van der Waals surface area contributed by atoms with E-state index in [-0.39, 0.29) is 0 Å². The van der Waals surface area contributed by atoms with Gasteiger partial charge < -0.3 is 10.3 Å². The highest BCUT2D eigenvalue weighted by Gasteiger charge is 2.26. The largest absolute Gasteiger partial charge is 0.360 e. The third kappa shape index (κ3) is 1.21. The standard InChI is InChI=1S/C11H14N4O/c1-7-10-9(16-14-7)3-2-8-6-13-15(5-4-12)11(8)10/h6H,2-5,12H2,1H3. The van der Waals surface area contributed by atoms with Crippen LogP contribution in [0.15, 0.2) is 10.7 Å². The minimum absolute atomic E-state index is 0.591. The first-order chi connectivity index (χ1) is 7.81. The fourth-order valence-electron chi connectivity index (χ4n) is 2.33. The van der Waals surface area contributed by atoms with E-state index in [0.29, 0.717) is 6.54 Å². The van der Waals surface area contributed by atoms with Crippen molar-refractivity contribution in [3.05, 3.63) is 23.2 Å². The van der Waals surface area contributed by atoms with E-state index in [1.54, 1.807) is 0 Å². The van der Waals surface area contributed by atoms with Gasteiger partial charge in [-0.05, 0) is 18.9 Å². The topological polar surface area (TPSA) is 69.9 Å². The van der Waals surface area contributed by atoms with Crippen LogP contribution in [0.3, 0.4) is 0 Å². The maximum Gasteiger partial charge on any atom is 0.146 e. The molecule has 1 aliphatic carbocycles. The van der Waals surface area contributed by atoms with E-state index in [4.69, 9.17) is 10.3 Å². The van der Waals surface area contributed by atoms with Crippen molar-refractivity contribution >= 4 is 0 Å². The van der Waals surface area contributed by atoms with Crippen LogP contribution in [0.5, 0.6) is 0 Å². The molecule has 5 heteroatoms. The zero-order chi connectivity index (χ0) is 11.1. The summed E-state index contributed by atoms with van der Waals surface area (Å²) in [5.74, 6) is 0.976. The molecular weight excluding hydrogens is 204 g/mol. The van der Waals surface area contributed by atoms with Crippen molar-refractivity contribution in [2.75, 3.05) is 6.54 Å². The lowest BCUT2D eigenvalue weighted by molar-refractivity contribution is 0.379. The highest BCUT2D eigenvalue weighted by Crippen LogP contribution is 2.35. The number of aromatic nitrogens is 3. The maximum absolute atomic E-state index is 5.59. The van der Waals surface area contributed by atoms with Crippen LogP contribution in [0, 0.1) is 6.92 Å². The Balaban J connectivity index is 2.20. The van der Waals surface area contributed by atoms with Gasteiger partial charge in [-0.15, -0.1) is 0 Å². The predicted molar refractivity (Wildman–Crippen MR) is 58.9 cm³/mol. The predicted octanol–water partition coefficient (Wildman–Crippen LogP) is 0.904. The van der Waals surface area contributed by atoms with E-state index in [9.17, 15) is 0 Å². The Labute approximate surface area is 93.2 Å². The van der Waals surface area contributed by atoms with Crippen molar-refractivity contribution in [1.29, 1.82) is 0 Å². The summed E-state index contributed by atoms with van der Waals surface area (Å²) in [6, 6.07) is 0. The molecular formula is C11H14N4O. The van der Waals surface area contributed by atoms with Gasteiger partial charge in [-0.25, -0.2) is 0 Å². The van der Waals surface area contributed by atoms with Crippen molar-refractivity contribution in [2.24, 2.45) is 5.73 Å². The van der Waals surface area contributed by atoms with Crippen molar-refractivity contribution in [1.82, 2.24) is 14.9 Å². The van der Waals surface area contributed by atoms with E-state index >= 15 is 0 Å². The number of nitrogens with two attached hydrogens (primary N) is 1. The monoisotopic (exact) mass is 218 g/mol. The van der Waals surface area contributed by atoms with Gasteiger partial charge in [0.05, 0.1) is 29.7 Å². The van der Waals surface area contributed by atoms with Crippen LogP contribution >= 0.6 is 0 Å². The van der Waals surface area contributed by atoms with Crippen LogP contribution in [0.2, 0.25) is 0 Å². The van der Waals surface area contributed by atoms with Crippen molar-refractivity contribution < 1.29 is 4.52 Å². The molecule has 0 unspecified atom stereocenters. The first kappa shape index (κ1) is 9.59. The number of nitrogens with zero attached hydrogens (tertiary/aromatic N) is 3. The van der Waals surface area contributed by atoms with Crippen molar-refractivity contribution in [2.45, 2.75) is 26.3 Å². The number of aryl methyl sites for hydroxylation is 3. The van der Waals surface area contributed by atoms with Gasteiger partial charge in [-0.1, -0.05) is 5.16 Å². The minimum Gasteiger partial charge on any atom is -0.360 e. The summed E-state index contributed by atoms with van der Waals surface area (Å²) in [5, 5.41) is 8.40. The summed E-state index contributed by atoms with van der Waals surface area (Å²) in [6.07, 6.45) is 3.82. The normalized spacial score (nSPS) is 13.6. The molecule has 0 saturated heterocycles. The second kappa shape index (κ2) is 3.45. The van der Waals surface area contributed by atoms with Gasteiger partial charge in [0.2, 0.25) is 0 Å². The number of hydrogen-bond donors (Lipinski definition) is 1. The summed E-state index contributed by atoms with van der Waals surface area (Å²) in [5.41, 5.74) is 10.1. The lowest BCUT2D eigenvalue weighted by Crippen LogP contribution is -2.14. The van der Waals surface area contributed by atoms with Crippen LogP contribution in [-0.2, 0) is 19.4 Å². The molecule has 0 aromatic carbocycles. The molecule has 0 saturated carbocycles. The first-order valence-electron chi connectivity index (χ1n) is 5.51. The third-order valence-corrected chi connectivity index (χ3v) is 3.05. The zero-order valence-electron chi connectivity index (χ0n) is 9.23. The highest BCUT2D eigenvalue weighted by molar-refractivity contribution is 5.69. The van der Waals surface area contributed by atoms with Gasteiger partial charge in [-0.2, -0.15) is 5.10 Å². The highest BCUT2D eigenvalue weighted by atomic mass is 16.5. The molecule has 2 heterocycles. The second-order valence-electron chi connectivity index (χ2n) is 4.10. The average Bonchev–Trinajstić information content (AvgIpc) is 2.84. The molecule has 84 valence electrons. The number of fused-ring (bicyclic) bond motifs is 3. The van der Waals surface area contributed by atoms with Gasteiger partial charge in [0.25, 0.3) is 0 Å². The van der Waals surface area contributed by atoms with Gasteiger partial charge in [-0.3, -0.25) is 4.68 Å². The molecule has 2 aromatic heterocycles. The van der Waals surface area contributed by atoms with Gasteiger partial charge in [0, 0.05) is 13.0 Å². The Bertz CT molecular complexity index is 526. The van der Waals surface area contributed by atoms with E-state index in [1.807, 2.05) is 17.8 Å². The molecule has 0 amide bonds. The molecule has 5 nitrogen and oxygen atoms in total.